The molecule has 0 unspecified atom stereocenters. The molecule has 0 saturated carbocycles. The highest BCUT2D eigenvalue weighted by Gasteiger charge is 2.17. The van der Waals surface area contributed by atoms with Crippen molar-refractivity contribution in [3.05, 3.63) is 87.5 Å². The van der Waals surface area contributed by atoms with Crippen LogP contribution in [0.1, 0.15) is 27.9 Å². The maximum atomic E-state index is 13.6. The Bertz CT molecular complexity index is 1330. The predicted octanol–water partition coefficient (Wildman–Crippen LogP) is 2.84. The first-order valence-electron chi connectivity index (χ1n) is 9.97. The number of carbonyl (C=O) groups is 1. The van der Waals surface area contributed by atoms with Crippen molar-refractivity contribution in [3.63, 3.8) is 0 Å². The van der Waals surface area contributed by atoms with Crippen molar-refractivity contribution in [2.45, 2.75) is 13.3 Å². The van der Waals surface area contributed by atoms with Gasteiger partial charge in [0.25, 0.3) is 15.7 Å². The third-order valence-electron chi connectivity index (χ3n) is 4.74. The summed E-state index contributed by atoms with van der Waals surface area (Å²) in [6.07, 6.45) is 1.34. The number of benzene rings is 2. The number of anilines is 1. The number of aromatic nitrogens is 1. The fourth-order valence-corrected chi connectivity index (χ4v) is 3.52. The van der Waals surface area contributed by atoms with Gasteiger partial charge in [0.05, 0.1) is 30.7 Å². The van der Waals surface area contributed by atoms with Gasteiger partial charge in [-0.2, -0.15) is 8.42 Å². The summed E-state index contributed by atoms with van der Waals surface area (Å²) in [6.45, 7) is 1.80. The highest BCUT2D eigenvalue weighted by molar-refractivity contribution is 7.85. The van der Waals surface area contributed by atoms with E-state index in [9.17, 15) is 22.4 Å². The average molecular weight is 475 g/mol. The molecule has 0 radical (unpaired) electrons. The number of nitrogens with zero attached hydrogens (tertiary/aromatic N) is 1. The number of halogens is 1. The lowest BCUT2D eigenvalue weighted by Crippen LogP contribution is -2.23. The maximum absolute atomic E-state index is 13.6. The van der Waals surface area contributed by atoms with E-state index in [0.717, 1.165) is 6.26 Å². The van der Waals surface area contributed by atoms with Gasteiger partial charge < -0.3 is 10.5 Å². The topological polar surface area (TPSA) is 118 Å². The Balaban J connectivity index is 1.78. The maximum Gasteiger partial charge on any atom is 0.264 e. The second-order valence-corrected chi connectivity index (χ2v) is 8.96. The van der Waals surface area contributed by atoms with Gasteiger partial charge in [-0.25, -0.2) is 4.39 Å². The Hall–Kier alpha value is -3.50. The number of nitrogens with two attached hydrogens (primary N) is 1. The van der Waals surface area contributed by atoms with Gasteiger partial charge in [-0.05, 0) is 61.0 Å². The fourth-order valence-electron chi connectivity index (χ4n) is 3.10. The van der Waals surface area contributed by atoms with E-state index in [2.05, 4.69) is 4.18 Å². The van der Waals surface area contributed by atoms with Crippen molar-refractivity contribution in [2.75, 3.05) is 25.2 Å². The molecule has 3 rings (SSSR count). The molecule has 8 nitrogen and oxygen atoms in total. The third kappa shape index (κ3) is 6.05. The lowest BCUT2D eigenvalue weighted by molar-refractivity contribution is 0.103. The van der Waals surface area contributed by atoms with Crippen LogP contribution < -0.4 is 16.0 Å². The molecule has 174 valence electrons. The Morgan fingerprint density at radius 2 is 1.76 bits per heavy atom. The van der Waals surface area contributed by atoms with Crippen LogP contribution in [0.3, 0.4) is 0 Å². The summed E-state index contributed by atoms with van der Waals surface area (Å²) < 4.78 is 46.8. The number of rotatable bonds is 9. The van der Waals surface area contributed by atoms with Crippen molar-refractivity contribution in [1.82, 2.24) is 4.57 Å². The Morgan fingerprint density at radius 3 is 2.39 bits per heavy atom. The molecule has 0 atom stereocenters. The third-order valence-corrected chi connectivity index (χ3v) is 5.34. The highest BCUT2D eigenvalue weighted by atomic mass is 32.2. The van der Waals surface area contributed by atoms with E-state index in [0.29, 0.717) is 23.4 Å². The van der Waals surface area contributed by atoms with Crippen LogP contribution in [0.5, 0.6) is 5.75 Å². The van der Waals surface area contributed by atoms with E-state index >= 15 is 0 Å². The number of hydrogen-bond donors (Lipinski definition) is 1. The first-order valence-corrected chi connectivity index (χ1v) is 11.8. The van der Waals surface area contributed by atoms with E-state index in [4.69, 9.17) is 10.5 Å². The molecule has 0 aliphatic rings. The molecule has 0 saturated heterocycles. The van der Waals surface area contributed by atoms with Crippen LogP contribution in [0.4, 0.5) is 10.2 Å². The number of aryl methyl sites for hydroxylation is 1. The van der Waals surface area contributed by atoms with Gasteiger partial charge in [-0.15, -0.1) is 0 Å². The second kappa shape index (κ2) is 9.97. The highest BCUT2D eigenvalue weighted by Crippen LogP contribution is 2.22. The van der Waals surface area contributed by atoms with Gasteiger partial charge >= 0.3 is 0 Å². The Kier molecular flexibility index (Phi) is 7.29. The van der Waals surface area contributed by atoms with Crippen molar-refractivity contribution in [2.24, 2.45) is 0 Å². The summed E-state index contributed by atoms with van der Waals surface area (Å²) in [5.74, 6) is -0.393. The summed E-state index contributed by atoms with van der Waals surface area (Å²) in [4.78, 5) is 25.4. The van der Waals surface area contributed by atoms with E-state index in [1.54, 1.807) is 31.2 Å². The van der Waals surface area contributed by atoms with Crippen molar-refractivity contribution < 1.29 is 26.5 Å². The summed E-state index contributed by atoms with van der Waals surface area (Å²) in [5, 5.41) is 0. The molecular weight excluding hydrogens is 451 g/mol. The zero-order valence-corrected chi connectivity index (χ0v) is 18.9. The minimum absolute atomic E-state index is 0.0112. The molecular formula is C23H23FN2O6S. The Morgan fingerprint density at radius 1 is 1.06 bits per heavy atom. The first-order chi connectivity index (χ1) is 15.6. The van der Waals surface area contributed by atoms with Gasteiger partial charge in [0.15, 0.2) is 5.78 Å². The van der Waals surface area contributed by atoms with Crippen LogP contribution in [0.15, 0.2) is 59.4 Å². The van der Waals surface area contributed by atoms with E-state index in [-0.39, 0.29) is 30.2 Å². The van der Waals surface area contributed by atoms with Gasteiger partial charge in [0, 0.05) is 18.1 Å². The van der Waals surface area contributed by atoms with Crippen molar-refractivity contribution in [1.29, 1.82) is 0 Å². The predicted molar refractivity (Wildman–Crippen MR) is 122 cm³/mol. The number of ether oxygens (including phenoxy) is 1. The van der Waals surface area contributed by atoms with E-state index in [1.807, 2.05) is 0 Å². The molecule has 0 spiro atoms. The van der Waals surface area contributed by atoms with Crippen molar-refractivity contribution >= 4 is 21.7 Å². The Labute approximate surface area is 190 Å². The lowest BCUT2D eigenvalue weighted by atomic mass is 10.0. The summed E-state index contributed by atoms with van der Waals surface area (Å²) in [7, 11) is -3.49. The van der Waals surface area contributed by atoms with Crippen LogP contribution in [0.25, 0.3) is 5.69 Å². The lowest BCUT2D eigenvalue weighted by Gasteiger charge is -2.14. The molecule has 0 aliphatic heterocycles. The minimum Gasteiger partial charge on any atom is -0.494 e. The number of hydrogen-bond acceptors (Lipinski definition) is 7. The molecule has 0 fully saturated rings. The smallest absolute Gasteiger partial charge is 0.264 e. The molecule has 0 aliphatic carbocycles. The van der Waals surface area contributed by atoms with Crippen LogP contribution in [-0.4, -0.2) is 38.2 Å². The van der Waals surface area contributed by atoms with Gasteiger partial charge in [-0.3, -0.25) is 18.3 Å². The quantitative estimate of drug-likeness (QED) is 0.288. The second-order valence-electron chi connectivity index (χ2n) is 7.32. The summed E-state index contributed by atoms with van der Waals surface area (Å²) >= 11 is 0. The summed E-state index contributed by atoms with van der Waals surface area (Å²) in [5.41, 5.74) is 6.89. The van der Waals surface area contributed by atoms with Gasteiger partial charge in [0.2, 0.25) is 0 Å². The normalized spacial score (nSPS) is 11.4. The fraction of sp³-hybridized carbons (Fsp3) is 0.217. The summed E-state index contributed by atoms with van der Waals surface area (Å²) in [6, 6.07) is 13.1. The molecule has 0 bridgehead atoms. The molecule has 2 N–H and O–H groups in total. The zero-order valence-electron chi connectivity index (χ0n) is 18.1. The van der Waals surface area contributed by atoms with Crippen LogP contribution >= 0.6 is 0 Å². The molecule has 1 aromatic heterocycles. The monoisotopic (exact) mass is 474 g/mol. The number of carbonyl (C=O) groups excluding carboxylic acids is 1. The first kappa shape index (κ1) is 24.1. The molecule has 1 heterocycles. The largest absolute Gasteiger partial charge is 0.494 e. The van der Waals surface area contributed by atoms with E-state index in [1.165, 1.54) is 34.9 Å². The minimum atomic E-state index is -3.49. The number of pyridine rings is 1. The van der Waals surface area contributed by atoms with Crippen molar-refractivity contribution in [3.8, 4) is 11.4 Å². The number of nitrogen functional groups attached to an aromatic ring is 1. The number of ketones is 1. The average Bonchev–Trinajstić information content (AvgIpc) is 2.75. The van der Waals surface area contributed by atoms with Crippen LogP contribution in [0.2, 0.25) is 0 Å². The molecule has 0 amide bonds. The van der Waals surface area contributed by atoms with Gasteiger partial charge in [0.1, 0.15) is 17.4 Å². The standard InChI is InChI=1S/C23H23FN2O6S/c1-15-14-16(4-10-20(15)24)22(28)19-9-11-21(27)26(23(19)25)17-5-7-18(8-6-17)31-12-3-13-32-33(2,29)30/h4-11,14H,3,12-13,25H2,1-2H3. The van der Waals surface area contributed by atoms with Crippen LogP contribution in [-0.2, 0) is 14.3 Å². The molecule has 2 aromatic carbocycles. The van der Waals surface area contributed by atoms with E-state index < -0.39 is 27.3 Å². The van der Waals surface area contributed by atoms with Gasteiger partial charge in [-0.1, -0.05) is 0 Å². The SMILES string of the molecule is Cc1cc(C(=O)c2ccc(=O)n(-c3ccc(OCCCOS(C)(=O)=O)cc3)c2N)ccc1F. The zero-order chi connectivity index (χ0) is 24.2. The van der Waals surface area contributed by atoms with Crippen LogP contribution in [0, 0.1) is 12.7 Å². The molecule has 10 heteroatoms. The molecule has 3 aromatic rings. The molecule has 33 heavy (non-hydrogen) atoms.